The molecule has 0 aromatic heterocycles. The van der Waals surface area contributed by atoms with E-state index in [1.54, 1.807) is 25.7 Å². The van der Waals surface area contributed by atoms with E-state index in [1.165, 1.54) is 31.2 Å². The van der Waals surface area contributed by atoms with E-state index in [4.69, 9.17) is 22.6 Å². The molecule has 1 aromatic carbocycles. The second-order valence-corrected chi connectivity index (χ2v) is 24.8. The third-order valence-electron chi connectivity index (χ3n) is 15.4. The number of hydrogen-bond acceptors (Lipinski definition) is 25. The summed E-state index contributed by atoms with van der Waals surface area (Å²) in [4.78, 5) is 187. The molecule has 2 saturated heterocycles. The fourth-order valence-corrected chi connectivity index (χ4v) is 11.1. The number of thioether (sulfide) groups is 1. The van der Waals surface area contributed by atoms with Crippen LogP contribution in [0, 0.1) is 17.2 Å². The largest absolute Gasteiger partial charge is 0.508 e. The number of carboxylic acid groups (broad SMARTS) is 1. The molecular weight excluding hydrogens is 1290 g/mol. The zero-order valence-corrected chi connectivity index (χ0v) is 54.5. The molecule has 0 spiro atoms. The van der Waals surface area contributed by atoms with Gasteiger partial charge in [0.15, 0.2) is 12.2 Å². The van der Waals surface area contributed by atoms with Gasteiger partial charge in [-0.3, -0.25) is 93.0 Å². The number of aliphatic hydroxyl groups is 5. The average molecular weight is 1380 g/mol. The highest BCUT2D eigenvalue weighted by molar-refractivity contribution is 8.00. The Hall–Kier alpha value is -8.50. The van der Waals surface area contributed by atoms with Crippen LogP contribution in [-0.4, -0.2) is 264 Å². The number of piperidine rings is 1. The van der Waals surface area contributed by atoms with Gasteiger partial charge in [0.05, 0.1) is 55.7 Å². The number of amides is 12. The van der Waals surface area contributed by atoms with Gasteiger partial charge in [0.1, 0.15) is 54.3 Å². The standard InChI is InChI=1S/C58H92N16O21S/c1-28(2)18-35(66-45(82)22-64-56(94)41(80)27-96-42-21-46(83)74(57(42)95)17-6-5-16-73-23-40(79)29(3)48(86)39(73)25-76)52(90)67-33(8-7-15-63-58(61)62)50(88)68-34(13-14-44(60)81)51(89)69-36(19-31-9-11-32(78)12-10-31)53(91)72-54(92)37(20-47(84)85)70-55(93)38(24-75)65-30(4)49(87)71-43(59)26-77/h9-12,26,28-30,33-43,48,65,75-76,78-80,86H,5-8,13-25,27,59H2,1-4H3,(H2,60,81)(H,64,94)(H,66,82)(H,67,90)(H,68,88)(H,69,89)(H,70,93)(H,71,87)(H,84,85)(H4,61,62,63)(H,72,91,92)/t29-,30?,33?,34?,35?,36?,37?,38?,39-,40-,41?,42?,43?,48+/m1/s1. The van der Waals surface area contributed by atoms with Crippen LogP contribution in [0.4, 0.5) is 0 Å². The number of aliphatic hydroxyl groups excluding tert-OH is 5. The molecule has 2 aliphatic heterocycles. The van der Waals surface area contributed by atoms with Gasteiger partial charge in [-0.05, 0) is 75.6 Å². The van der Waals surface area contributed by atoms with Gasteiger partial charge in [0.25, 0.3) is 0 Å². The molecule has 536 valence electrons. The van der Waals surface area contributed by atoms with Gasteiger partial charge in [-0.1, -0.05) is 32.9 Å². The van der Waals surface area contributed by atoms with Crippen molar-refractivity contribution in [1.29, 1.82) is 5.41 Å². The molecule has 0 saturated carbocycles. The van der Waals surface area contributed by atoms with Crippen molar-refractivity contribution in [2.45, 2.75) is 170 Å². The number of benzene rings is 1. The third kappa shape index (κ3) is 27.7. The van der Waals surface area contributed by atoms with E-state index >= 15 is 0 Å². The van der Waals surface area contributed by atoms with Crippen LogP contribution in [-0.2, 0) is 73.5 Å². The Kier molecular flexibility index (Phi) is 34.7. The first kappa shape index (κ1) is 81.7. The SMILES string of the molecule is CC(C)CC(NC(=O)CNC(=O)C(O)CSC1CC(=O)N(CCCCN2C[C@@H](O)[C@@H](C)[C@H](O)[C@H]2CO)C1=O)C(=O)NC(CCCNC(=N)N)C(=O)NC(CCC(N)=O)C(=O)NC(Cc1ccc(O)cc1)C(=O)NC(=O)C(CC(=O)O)NC(=O)C(CO)NC(C)C(=O)NC(N)C=O. The molecular formula is C58H92N16O21S. The summed E-state index contributed by atoms with van der Waals surface area (Å²) >= 11 is 0.850. The van der Waals surface area contributed by atoms with Gasteiger partial charge in [-0.25, -0.2) is 0 Å². The summed E-state index contributed by atoms with van der Waals surface area (Å²) in [5.41, 5.74) is 16.5. The number of guanidine groups is 1. The first-order valence-corrected chi connectivity index (χ1v) is 32.0. The molecule has 10 unspecified atom stereocenters. The minimum absolute atomic E-state index is 0.0103. The monoisotopic (exact) mass is 1380 g/mol. The number of carbonyl (C=O) groups is 14. The van der Waals surface area contributed by atoms with Gasteiger partial charge in [-0.2, -0.15) is 0 Å². The Morgan fingerprint density at radius 2 is 1.32 bits per heavy atom. The summed E-state index contributed by atoms with van der Waals surface area (Å²) in [7, 11) is 0. The van der Waals surface area contributed by atoms with Gasteiger partial charge < -0.3 is 95.5 Å². The number of aldehydes is 1. The Labute approximate surface area is 556 Å². The lowest BCUT2D eigenvalue weighted by atomic mass is 9.87. The van der Waals surface area contributed by atoms with Crippen molar-refractivity contribution in [3.05, 3.63) is 29.8 Å². The fraction of sp³-hybridized carbons (Fsp3) is 0.638. The third-order valence-corrected chi connectivity index (χ3v) is 16.7. The van der Waals surface area contributed by atoms with Crippen molar-refractivity contribution in [1.82, 2.24) is 63.0 Å². The molecule has 0 aliphatic carbocycles. The number of aliphatic carboxylic acids is 1. The van der Waals surface area contributed by atoms with Crippen molar-refractivity contribution in [2.75, 3.05) is 51.7 Å². The minimum atomic E-state index is -2.07. The van der Waals surface area contributed by atoms with Crippen molar-refractivity contribution < 1.29 is 103 Å². The summed E-state index contributed by atoms with van der Waals surface area (Å²) in [6.45, 7) is 4.79. The van der Waals surface area contributed by atoms with Crippen molar-refractivity contribution in [3.63, 3.8) is 0 Å². The molecule has 0 bridgehead atoms. The minimum Gasteiger partial charge on any atom is -0.508 e. The van der Waals surface area contributed by atoms with E-state index in [0.29, 0.717) is 19.4 Å². The van der Waals surface area contributed by atoms with Crippen LogP contribution in [0.1, 0.15) is 91.0 Å². The van der Waals surface area contributed by atoms with Crippen LogP contribution >= 0.6 is 11.8 Å². The second-order valence-electron chi connectivity index (χ2n) is 23.6. The molecule has 2 fully saturated rings. The maximum absolute atomic E-state index is 14.3. The Balaban J connectivity index is 1.76. The van der Waals surface area contributed by atoms with Crippen LogP contribution < -0.4 is 70.4 Å². The number of nitrogens with zero attached hydrogens (tertiary/aromatic N) is 2. The van der Waals surface area contributed by atoms with Crippen molar-refractivity contribution in [2.24, 2.45) is 29.0 Å². The maximum atomic E-state index is 14.3. The number of carboxylic acids is 1. The van der Waals surface area contributed by atoms with E-state index in [0.717, 1.165) is 16.7 Å². The molecule has 2 heterocycles. The lowest BCUT2D eigenvalue weighted by Gasteiger charge is -2.44. The van der Waals surface area contributed by atoms with E-state index in [1.807, 2.05) is 5.32 Å². The fourth-order valence-electron chi connectivity index (χ4n) is 10.0. The molecule has 96 heavy (non-hydrogen) atoms. The molecule has 2 aliphatic rings. The van der Waals surface area contributed by atoms with Crippen LogP contribution in [0.15, 0.2) is 24.3 Å². The lowest BCUT2D eigenvalue weighted by molar-refractivity contribution is -0.143. The molecule has 12 amide bonds. The first-order valence-electron chi connectivity index (χ1n) is 30.9. The van der Waals surface area contributed by atoms with E-state index < -0.39 is 206 Å². The number of phenolic OH excluding ortho intramolecular Hbond substituents is 1. The second kappa shape index (κ2) is 40.8. The number of β-amino-alcohol motifs (C(OH)–C–C–N with tert-alkyl or cyclic N) is 1. The van der Waals surface area contributed by atoms with E-state index in [9.17, 15) is 103 Å². The average Bonchev–Trinajstić information content (AvgIpc) is 1.13. The van der Waals surface area contributed by atoms with Crippen molar-refractivity contribution in [3.8, 4) is 5.75 Å². The zero-order chi connectivity index (χ0) is 72.1. The number of aromatic hydroxyl groups is 1. The van der Waals surface area contributed by atoms with Gasteiger partial charge in [0, 0.05) is 50.6 Å². The summed E-state index contributed by atoms with van der Waals surface area (Å²) in [6.07, 6.45) is -7.22. The first-order chi connectivity index (χ1) is 45.2. The van der Waals surface area contributed by atoms with Crippen LogP contribution in [0.25, 0.3) is 0 Å². The number of primary amides is 1. The van der Waals surface area contributed by atoms with E-state index in [-0.39, 0.29) is 81.2 Å². The number of carbonyl (C=O) groups excluding carboxylic acids is 13. The Morgan fingerprint density at radius 3 is 1.91 bits per heavy atom. The topological polar surface area (TPSA) is 609 Å². The zero-order valence-electron chi connectivity index (χ0n) is 53.7. The summed E-state index contributed by atoms with van der Waals surface area (Å²) in [5.74, 6) is -15.6. The summed E-state index contributed by atoms with van der Waals surface area (Å²) < 4.78 is 0. The number of imide groups is 2. The van der Waals surface area contributed by atoms with Crippen LogP contribution in [0.5, 0.6) is 5.75 Å². The number of nitrogens with two attached hydrogens (primary N) is 3. The van der Waals surface area contributed by atoms with Crippen LogP contribution in [0.2, 0.25) is 0 Å². The maximum Gasteiger partial charge on any atom is 0.305 e. The normalized spacial score (nSPS) is 19.9. The van der Waals surface area contributed by atoms with Gasteiger partial charge in [-0.15, -0.1) is 11.8 Å². The highest BCUT2D eigenvalue weighted by atomic mass is 32.2. The number of nitrogens with one attached hydrogen (secondary N) is 11. The van der Waals surface area contributed by atoms with Crippen molar-refractivity contribution >= 4 is 101 Å². The molecule has 14 atom stereocenters. The van der Waals surface area contributed by atoms with Crippen LogP contribution in [0.3, 0.4) is 0 Å². The predicted octanol–water partition coefficient (Wildman–Crippen LogP) is -8.86. The van der Waals surface area contributed by atoms with E-state index in [2.05, 4.69) is 47.9 Å². The van der Waals surface area contributed by atoms with Gasteiger partial charge in [0.2, 0.25) is 70.9 Å². The molecule has 24 N–H and O–H groups in total. The Bertz CT molecular complexity index is 2900. The number of unbranched alkanes of at least 4 members (excludes halogenated alkanes) is 1. The number of phenols is 1. The summed E-state index contributed by atoms with van der Waals surface area (Å²) in [6, 6.07) is -7.19. The summed E-state index contributed by atoms with van der Waals surface area (Å²) in [5, 5.41) is 101. The number of rotatable bonds is 42. The predicted molar refractivity (Wildman–Crippen MR) is 339 cm³/mol. The smallest absolute Gasteiger partial charge is 0.305 e. The number of hydrogen-bond donors (Lipinski definition) is 21. The molecule has 1 aromatic rings. The lowest BCUT2D eigenvalue weighted by Crippen LogP contribution is -2.61. The highest BCUT2D eigenvalue weighted by Gasteiger charge is 2.42. The van der Waals surface area contributed by atoms with Gasteiger partial charge >= 0.3 is 5.97 Å². The molecule has 38 heteroatoms. The number of likely N-dealkylation sites (tertiary alicyclic amines) is 2. The molecule has 0 radical (unpaired) electrons. The Morgan fingerprint density at radius 1 is 0.740 bits per heavy atom. The molecule has 3 rings (SSSR count). The highest BCUT2D eigenvalue weighted by Crippen LogP contribution is 2.27. The molecule has 37 nitrogen and oxygen atoms in total. The quantitative estimate of drug-likeness (QED) is 0.00722.